The van der Waals surface area contributed by atoms with Gasteiger partial charge in [-0.05, 0) is 38.6 Å². The van der Waals surface area contributed by atoms with Gasteiger partial charge in [-0.2, -0.15) is 0 Å². The maximum Gasteiger partial charge on any atom is 0.224 e. The molecule has 0 spiro atoms. The van der Waals surface area contributed by atoms with Crippen LogP contribution in [-0.4, -0.2) is 36.0 Å². The zero-order chi connectivity index (χ0) is 12.8. The van der Waals surface area contributed by atoms with E-state index < -0.39 is 0 Å². The van der Waals surface area contributed by atoms with Crippen LogP contribution < -0.4 is 5.32 Å². The van der Waals surface area contributed by atoms with E-state index >= 15 is 0 Å². The Morgan fingerprint density at radius 3 is 2.72 bits per heavy atom. The second-order valence-electron chi connectivity index (χ2n) is 5.85. The van der Waals surface area contributed by atoms with Crippen molar-refractivity contribution < 1.29 is 4.79 Å². The first kappa shape index (κ1) is 13.9. The maximum atomic E-state index is 12.5. The van der Waals surface area contributed by atoms with Crippen molar-refractivity contribution in [3.05, 3.63) is 0 Å². The lowest BCUT2D eigenvalue weighted by molar-refractivity contribution is -0.134. The Morgan fingerprint density at radius 2 is 2.00 bits per heavy atom. The van der Waals surface area contributed by atoms with E-state index in [4.69, 9.17) is 0 Å². The third kappa shape index (κ3) is 3.71. The Labute approximate surface area is 111 Å². The number of carbonyl (C=O) groups excluding carboxylic acids is 1. The lowest BCUT2D eigenvalue weighted by atomic mass is 10.0. The van der Waals surface area contributed by atoms with Crippen LogP contribution in [0.25, 0.3) is 0 Å². The predicted molar refractivity (Wildman–Crippen MR) is 74.5 cm³/mol. The van der Waals surface area contributed by atoms with Crippen LogP contribution in [0.3, 0.4) is 0 Å². The Bertz CT molecular complexity index is 261. The van der Waals surface area contributed by atoms with Crippen molar-refractivity contribution in [2.45, 2.75) is 76.8 Å². The summed E-state index contributed by atoms with van der Waals surface area (Å²) in [5.41, 5.74) is 0. The summed E-state index contributed by atoms with van der Waals surface area (Å²) < 4.78 is 0. The highest BCUT2D eigenvalue weighted by atomic mass is 16.2. The van der Waals surface area contributed by atoms with Crippen LogP contribution in [0.4, 0.5) is 0 Å². The molecule has 2 fully saturated rings. The zero-order valence-electron chi connectivity index (χ0n) is 11.8. The van der Waals surface area contributed by atoms with Crippen molar-refractivity contribution in [1.29, 1.82) is 0 Å². The minimum atomic E-state index is 0.392. The summed E-state index contributed by atoms with van der Waals surface area (Å²) in [6, 6.07) is 0.940. The van der Waals surface area contributed by atoms with E-state index in [0.717, 1.165) is 25.9 Å². The summed E-state index contributed by atoms with van der Waals surface area (Å²) in [5.74, 6) is 0.392. The predicted octanol–water partition coefficient (Wildman–Crippen LogP) is 2.70. The van der Waals surface area contributed by atoms with Gasteiger partial charge in [0.25, 0.3) is 0 Å². The van der Waals surface area contributed by atoms with Crippen LogP contribution in [0.2, 0.25) is 0 Å². The molecule has 2 aliphatic rings. The molecular formula is C15H28N2O. The number of nitrogens with zero attached hydrogens (tertiary/aromatic N) is 1. The molecule has 1 amide bonds. The molecule has 0 aromatic rings. The number of piperidine rings is 1. The van der Waals surface area contributed by atoms with E-state index in [-0.39, 0.29) is 0 Å². The first-order valence-electron chi connectivity index (χ1n) is 7.84. The van der Waals surface area contributed by atoms with Crippen molar-refractivity contribution in [2.75, 3.05) is 13.1 Å². The van der Waals surface area contributed by atoms with Crippen LogP contribution in [0.5, 0.6) is 0 Å². The lowest BCUT2D eigenvalue weighted by Gasteiger charge is -2.32. The van der Waals surface area contributed by atoms with Gasteiger partial charge in [0.1, 0.15) is 0 Å². The molecule has 2 atom stereocenters. The number of carbonyl (C=O) groups is 1. The molecule has 2 unspecified atom stereocenters. The van der Waals surface area contributed by atoms with Gasteiger partial charge in [0, 0.05) is 25.0 Å². The Morgan fingerprint density at radius 1 is 1.17 bits per heavy atom. The third-order valence-electron chi connectivity index (χ3n) is 4.50. The first-order valence-corrected chi connectivity index (χ1v) is 7.84. The van der Waals surface area contributed by atoms with Crippen molar-refractivity contribution in [3.8, 4) is 0 Å². The summed E-state index contributed by atoms with van der Waals surface area (Å²) in [6.45, 7) is 4.30. The molecule has 0 saturated carbocycles. The van der Waals surface area contributed by atoms with Crippen LogP contribution >= 0.6 is 0 Å². The molecule has 0 bridgehead atoms. The first-order chi connectivity index (χ1) is 8.81. The van der Waals surface area contributed by atoms with E-state index in [9.17, 15) is 4.79 Å². The van der Waals surface area contributed by atoms with Crippen LogP contribution in [0, 0.1) is 0 Å². The molecule has 2 aliphatic heterocycles. The fourth-order valence-electron chi connectivity index (χ4n) is 3.36. The number of hydrogen-bond donors (Lipinski definition) is 1. The molecule has 0 radical (unpaired) electrons. The molecule has 0 aliphatic carbocycles. The number of likely N-dealkylation sites (tertiary alicyclic amines) is 1. The van der Waals surface area contributed by atoms with E-state index in [1.807, 2.05) is 0 Å². The number of amides is 1. The number of hydrogen-bond acceptors (Lipinski definition) is 2. The van der Waals surface area contributed by atoms with E-state index in [1.165, 1.54) is 44.9 Å². The van der Waals surface area contributed by atoms with Crippen LogP contribution in [-0.2, 0) is 4.79 Å². The van der Waals surface area contributed by atoms with Gasteiger partial charge in [-0.15, -0.1) is 0 Å². The molecular weight excluding hydrogens is 224 g/mol. The second kappa shape index (κ2) is 7.13. The van der Waals surface area contributed by atoms with Gasteiger partial charge in [0.15, 0.2) is 0 Å². The minimum Gasteiger partial charge on any atom is -0.340 e. The fourth-order valence-corrected chi connectivity index (χ4v) is 3.36. The highest BCUT2D eigenvalue weighted by molar-refractivity contribution is 5.77. The van der Waals surface area contributed by atoms with Gasteiger partial charge in [-0.1, -0.05) is 26.2 Å². The van der Waals surface area contributed by atoms with Crippen molar-refractivity contribution in [2.24, 2.45) is 0 Å². The van der Waals surface area contributed by atoms with Gasteiger partial charge < -0.3 is 10.2 Å². The van der Waals surface area contributed by atoms with Gasteiger partial charge in [-0.3, -0.25) is 4.79 Å². The highest BCUT2D eigenvalue weighted by Gasteiger charge is 2.26. The zero-order valence-corrected chi connectivity index (χ0v) is 11.8. The summed E-state index contributed by atoms with van der Waals surface area (Å²) in [6.07, 6.45) is 10.6. The SMILES string of the molecule is CCC1CCCCCN1C(=O)CC1CCCCN1. The highest BCUT2D eigenvalue weighted by Crippen LogP contribution is 2.21. The average Bonchev–Trinajstić information content (AvgIpc) is 2.64. The molecule has 3 heteroatoms. The smallest absolute Gasteiger partial charge is 0.224 e. The Hall–Kier alpha value is -0.570. The quantitative estimate of drug-likeness (QED) is 0.837. The van der Waals surface area contributed by atoms with E-state index in [0.29, 0.717) is 18.0 Å². The average molecular weight is 252 g/mol. The van der Waals surface area contributed by atoms with Gasteiger partial charge in [0.05, 0.1) is 0 Å². The molecule has 1 N–H and O–H groups in total. The topological polar surface area (TPSA) is 32.3 Å². The Balaban J connectivity index is 1.88. The van der Waals surface area contributed by atoms with Gasteiger partial charge >= 0.3 is 0 Å². The van der Waals surface area contributed by atoms with Crippen molar-refractivity contribution >= 4 is 5.91 Å². The summed E-state index contributed by atoms with van der Waals surface area (Å²) in [5, 5.41) is 3.49. The molecule has 2 rings (SSSR count). The van der Waals surface area contributed by atoms with Gasteiger partial charge in [0.2, 0.25) is 5.91 Å². The monoisotopic (exact) mass is 252 g/mol. The Kier molecular flexibility index (Phi) is 5.48. The molecule has 0 aromatic heterocycles. The fraction of sp³-hybridized carbons (Fsp3) is 0.933. The van der Waals surface area contributed by atoms with Crippen LogP contribution in [0.1, 0.15) is 64.7 Å². The normalized spacial score (nSPS) is 29.9. The van der Waals surface area contributed by atoms with Crippen molar-refractivity contribution in [1.82, 2.24) is 10.2 Å². The van der Waals surface area contributed by atoms with E-state index in [2.05, 4.69) is 17.1 Å². The molecule has 2 heterocycles. The molecule has 104 valence electrons. The standard InChI is InChI=1S/C15H28N2O/c1-2-14-9-4-3-7-11-17(14)15(18)12-13-8-5-6-10-16-13/h13-14,16H,2-12H2,1H3. The molecule has 3 nitrogen and oxygen atoms in total. The van der Waals surface area contributed by atoms with Gasteiger partial charge in [-0.25, -0.2) is 0 Å². The molecule has 18 heavy (non-hydrogen) atoms. The van der Waals surface area contributed by atoms with Crippen LogP contribution in [0.15, 0.2) is 0 Å². The summed E-state index contributed by atoms with van der Waals surface area (Å²) >= 11 is 0. The minimum absolute atomic E-state index is 0.392. The summed E-state index contributed by atoms with van der Waals surface area (Å²) in [4.78, 5) is 14.7. The largest absolute Gasteiger partial charge is 0.340 e. The maximum absolute atomic E-state index is 12.5. The van der Waals surface area contributed by atoms with Crippen molar-refractivity contribution in [3.63, 3.8) is 0 Å². The molecule has 2 saturated heterocycles. The third-order valence-corrected chi connectivity index (χ3v) is 4.50. The number of nitrogens with one attached hydrogen (secondary N) is 1. The molecule has 0 aromatic carbocycles. The second-order valence-corrected chi connectivity index (χ2v) is 5.85. The van der Waals surface area contributed by atoms with E-state index in [1.54, 1.807) is 0 Å². The summed E-state index contributed by atoms with van der Waals surface area (Å²) in [7, 11) is 0. The number of rotatable bonds is 3. The lowest BCUT2D eigenvalue weighted by Crippen LogP contribution is -2.44.